The predicted molar refractivity (Wildman–Crippen MR) is 77.7 cm³/mol. The minimum atomic E-state index is -4.96. The summed E-state index contributed by atoms with van der Waals surface area (Å²) >= 11 is 0.780. The molecule has 1 N–H and O–H groups in total. The molecule has 1 unspecified atom stereocenters. The Balaban J connectivity index is 2.92. The summed E-state index contributed by atoms with van der Waals surface area (Å²) in [5.41, 5.74) is -2.84. The monoisotopic (exact) mass is 396 g/mol. The summed E-state index contributed by atoms with van der Waals surface area (Å²) < 4.78 is 82.1. The van der Waals surface area contributed by atoms with Gasteiger partial charge in [0.2, 0.25) is 5.91 Å². The molecule has 0 aliphatic carbocycles. The van der Waals surface area contributed by atoms with Crippen LogP contribution in [0.2, 0.25) is 0 Å². The first-order valence-electron chi connectivity index (χ1n) is 7.14. The molecule has 146 valence electrons. The Hall–Kier alpha value is -1.17. The van der Waals surface area contributed by atoms with Gasteiger partial charge in [-0.2, -0.15) is 26.3 Å². The van der Waals surface area contributed by atoms with Crippen LogP contribution in [-0.4, -0.2) is 67.5 Å². The Labute approximate surface area is 144 Å². The molecule has 1 aliphatic rings. The van der Waals surface area contributed by atoms with Crippen molar-refractivity contribution < 1.29 is 40.7 Å². The number of alkyl halides is 6. The van der Waals surface area contributed by atoms with Gasteiger partial charge >= 0.3 is 18.3 Å². The molecule has 0 aromatic rings. The van der Waals surface area contributed by atoms with Gasteiger partial charge in [0.05, 0.1) is 13.7 Å². The second kappa shape index (κ2) is 8.02. The van der Waals surface area contributed by atoms with Crippen LogP contribution in [0, 0.1) is 5.41 Å². The third-order valence-electron chi connectivity index (χ3n) is 4.00. The number of ether oxygens (including phenoxy) is 1. The second-order valence-electron chi connectivity index (χ2n) is 5.58. The molecule has 12 heteroatoms. The first-order chi connectivity index (χ1) is 11.4. The fourth-order valence-corrected chi connectivity index (χ4v) is 3.08. The van der Waals surface area contributed by atoms with Crippen molar-refractivity contribution in [1.29, 1.82) is 0 Å². The van der Waals surface area contributed by atoms with E-state index in [9.17, 15) is 35.9 Å². The first-order valence-corrected chi connectivity index (χ1v) is 8.42. The summed E-state index contributed by atoms with van der Waals surface area (Å²) in [4.78, 5) is 24.5. The molecule has 1 fully saturated rings. The van der Waals surface area contributed by atoms with Gasteiger partial charge in [0.15, 0.2) is 5.37 Å². The zero-order valence-electron chi connectivity index (χ0n) is 13.5. The Morgan fingerprint density at radius 1 is 1.20 bits per heavy atom. The summed E-state index contributed by atoms with van der Waals surface area (Å²) in [6.07, 6.45) is -9.73. The number of nitrogens with zero attached hydrogens (tertiary/aromatic N) is 1. The Morgan fingerprint density at radius 3 is 2.08 bits per heavy atom. The first kappa shape index (κ1) is 21.9. The summed E-state index contributed by atoms with van der Waals surface area (Å²) in [5, 5.41) is 0.658. The van der Waals surface area contributed by atoms with E-state index in [1.165, 1.54) is 6.26 Å². The Bertz CT molecular complexity index is 489. The summed E-state index contributed by atoms with van der Waals surface area (Å²) in [7, 11) is 1.02. The van der Waals surface area contributed by atoms with E-state index in [0.717, 1.165) is 23.8 Å². The van der Waals surface area contributed by atoms with Crippen molar-refractivity contribution in [3.05, 3.63) is 0 Å². The van der Waals surface area contributed by atoms with Crippen LogP contribution in [0.15, 0.2) is 0 Å². The molecule has 0 aromatic carbocycles. The maximum absolute atomic E-state index is 13.5. The van der Waals surface area contributed by atoms with Crippen LogP contribution in [-0.2, 0) is 14.3 Å². The number of rotatable bonds is 5. The van der Waals surface area contributed by atoms with E-state index < -0.39 is 67.5 Å². The minimum Gasteiger partial charge on any atom is -0.467 e. The summed E-state index contributed by atoms with van der Waals surface area (Å²) in [6, 6.07) is 0. The predicted octanol–water partition coefficient (Wildman–Crippen LogP) is 2.17. The van der Waals surface area contributed by atoms with Gasteiger partial charge in [0.1, 0.15) is 5.41 Å². The average molecular weight is 396 g/mol. The van der Waals surface area contributed by atoms with Gasteiger partial charge in [-0.3, -0.25) is 9.69 Å². The lowest BCUT2D eigenvalue weighted by atomic mass is 9.76. The van der Waals surface area contributed by atoms with Gasteiger partial charge < -0.3 is 10.1 Å². The number of carbonyl (C=O) groups is 2. The number of piperidine rings is 1. The van der Waals surface area contributed by atoms with Crippen LogP contribution < -0.4 is 5.32 Å². The topological polar surface area (TPSA) is 58.6 Å². The maximum Gasteiger partial charge on any atom is 0.403 e. The molecule has 0 radical (unpaired) electrons. The van der Waals surface area contributed by atoms with E-state index in [-0.39, 0.29) is 0 Å². The third-order valence-corrected chi connectivity index (χ3v) is 4.78. The number of halogens is 6. The lowest BCUT2D eigenvalue weighted by Gasteiger charge is -2.42. The quantitative estimate of drug-likeness (QED) is 0.439. The van der Waals surface area contributed by atoms with Crippen molar-refractivity contribution in [2.45, 2.75) is 30.6 Å². The molecule has 1 amide bonds. The van der Waals surface area contributed by atoms with E-state index in [1.54, 1.807) is 0 Å². The zero-order chi connectivity index (χ0) is 19.5. The number of amides is 1. The number of thioether (sulfide) groups is 1. The molecule has 25 heavy (non-hydrogen) atoms. The second-order valence-corrected chi connectivity index (χ2v) is 6.53. The number of nitrogens with one attached hydrogen (secondary N) is 1. The fourth-order valence-electron chi connectivity index (χ4n) is 2.56. The standard InChI is InChI=1S/C13H18F6N2O3S/c1-24-9(22)8(25-2)20-10(23)11(13(17,18)19)3-5-21(6-4-11)7-12(14,15)16/h8H,3-7H2,1-2H3,(H,20,23). The lowest BCUT2D eigenvalue weighted by molar-refractivity contribution is -0.236. The molecule has 1 rings (SSSR count). The molecule has 0 saturated carbocycles. The maximum atomic E-state index is 13.5. The van der Waals surface area contributed by atoms with Crippen molar-refractivity contribution >= 4 is 23.6 Å². The highest BCUT2D eigenvalue weighted by molar-refractivity contribution is 7.99. The molecule has 1 atom stereocenters. The number of carbonyl (C=O) groups excluding carboxylic acids is 2. The van der Waals surface area contributed by atoms with Gasteiger partial charge in [-0.1, -0.05) is 0 Å². The number of methoxy groups -OCH3 is 1. The summed E-state index contributed by atoms with van der Waals surface area (Å²) in [5.74, 6) is -2.36. The largest absolute Gasteiger partial charge is 0.467 e. The molecule has 0 aromatic heterocycles. The number of hydrogen-bond acceptors (Lipinski definition) is 5. The molecule has 0 spiro atoms. The van der Waals surface area contributed by atoms with Crippen molar-refractivity contribution in [3.63, 3.8) is 0 Å². The smallest absolute Gasteiger partial charge is 0.403 e. The van der Waals surface area contributed by atoms with Crippen LogP contribution in [0.25, 0.3) is 0 Å². The fraction of sp³-hybridized carbons (Fsp3) is 0.846. The van der Waals surface area contributed by atoms with Crippen LogP contribution in [0.1, 0.15) is 12.8 Å². The SMILES string of the molecule is COC(=O)C(NC(=O)C1(C(F)(F)F)CCN(CC(F)(F)F)CC1)SC. The molecule has 1 saturated heterocycles. The molecule has 1 heterocycles. The number of likely N-dealkylation sites (tertiary alicyclic amines) is 1. The third kappa shape index (κ3) is 5.40. The normalized spacial score (nSPS) is 20.0. The zero-order valence-corrected chi connectivity index (χ0v) is 14.3. The van der Waals surface area contributed by atoms with E-state index in [1.807, 2.05) is 5.32 Å². The number of esters is 1. The highest BCUT2D eigenvalue weighted by atomic mass is 32.2. The van der Waals surface area contributed by atoms with E-state index in [2.05, 4.69) is 4.74 Å². The summed E-state index contributed by atoms with van der Waals surface area (Å²) in [6.45, 7) is -2.40. The molecular weight excluding hydrogens is 378 g/mol. The lowest BCUT2D eigenvalue weighted by Crippen LogP contribution is -2.58. The molecule has 5 nitrogen and oxygen atoms in total. The van der Waals surface area contributed by atoms with Gasteiger partial charge in [0.25, 0.3) is 0 Å². The van der Waals surface area contributed by atoms with Gasteiger partial charge in [-0.25, -0.2) is 4.79 Å². The van der Waals surface area contributed by atoms with E-state index in [4.69, 9.17) is 0 Å². The molecular formula is C13H18F6N2O3S. The number of hydrogen-bond donors (Lipinski definition) is 1. The molecule has 1 aliphatic heterocycles. The van der Waals surface area contributed by atoms with Crippen molar-refractivity contribution in [3.8, 4) is 0 Å². The molecule has 0 bridgehead atoms. The minimum absolute atomic E-state index is 0.533. The average Bonchev–Trinajstić information content (AvgIpc) is 2.49. The van der Waals surface area contributed by atoms with Crippen LogP contribution in [0.3, 0.4) is 0 Å². The van der Waals surface area contributed by atoms with Crippen molar-refractivity contribution in [2.75, 3.05) is 33.0 Å². The van der Waals surface area contributed by atoms with E-state index in [0.29, 0.717) is 0 Å². The van der Waals surface area contributed by atoms with Crippen molar-refractivity contribution in [1.82, 2.24) is 10.2 Å². The van der Waals surface area contributed by atoms with Gasteiger partial charge in [-0.05, 0) is 32.2 Å². The highest BCUT2D eigenvalue weighted by Crippen LogP contribution is 2.47. The van der Waals surface area contributed by atoms with Crippen LogP contribution >= 0.6 is 11.8 Å². The van der Waals surface area contributed by atoms with E-state index >= 15 is 0 Å². The highest BCUT2D eigenvalue weighted by Gasteiger charge is 2.61. The van der Waals surface area contributed by atoms with Crippen LogP contribution in [0.4, 0.5) is 26.3 Å². The van der Waals surface area contributed by atoms with Gasteiger partial charge in [0, 0.05) is 0 Å². The Kier molecular flexibility index (Phi) is 7.02. The van der Waals surface area contributed by atoms with Crippen LogP contribution in [0.5, 0.6) is 0 Å². The van der Waals surface area contributed by atoms with Crippen molar-refractivity contribution in [2.24, 2.45) is 5.41 Å². The van der Waals surface area contributed by atoms with Gasteiger partial charge in [-0.15, -0.1) is 11.8 Å². The Morgan fingerprint density at radius 2 is 1.72 bits per heavy atom.